The molecule has 3 N–H and O–H groups in total. The molecule has 0 radical (unpaired) electrons. The average molecular weight is 306 g/mol. The minimum absolute atomic E-state index is 0.127. The Balaban J connectivity index is 2.69. The van der Waals surface area contributed by atoms with Crippen LogP contribution >= 0.6 is 15.9 Å². The SMILES string of the molecule is CC(CCC(=O)NN)n1cc(Br)c([N+](=O)[O-])n1. The minimum atomic E-state index is -0.570. The zero-order chi connectivity index (χ0) is 13.0. The van der Waals surface area contributed by atoms with Crippen LogP contribution in [0, 0.1) is 10.1 Å². The molecular weight excluding hydrogens is 294 g/mol. The van der Waals surface area contributed by atoms with Crippen molar-refractivity contribution in [1.82, 2.24) is 15.2 Å². The third kappa shape index (κ3) is 3.49. The number of amides is 1. The molecule has 0 aliphatic rings. The van der Waals surface area contributed by atoms with E-state index in [0.717, 1.165) is 0 Å². The van der Waals surface area contributed by atoms with Gasteiger partial charge in [-0.2, -0.15) is 4.68 Å². The molecule has 0 aromatic carbocycles. The van der Waals surface area contributed by atoms with Crippen LogP contribution < -0.4 is 11.3 Å². The van der Waals surface area contributed by atoms with Crippen molar-refractivity contribution in [1.29, 1.82) is 0 Å². The summed E-state index contributed by atoms with van der Waals surface area (Å²) in [6.45, 7) is 1.81. The van der Waals surface area contributed by atoms with Gasteiger partial charge in [-0.1, -0.05) is 0 Å². The molecule has 0 spiro atoms. The molecule has 1 aromatic rings. The number of hydrogen-bond acceptors (Lipinski definition) is 5. The topological polar surface area (TPSA) is 116 Å². The molecule has 1 unspecified atom stereocenters. The summed E-state index contributed by atoms with van der Waals surface area (Å²) in [5.74, 6) is 4.43. The maximum Gasteiger partial charge on any atom is 0.404 e. The highest BCUT2D eigenvalue weighted by Gasteiger charge is 2.21. The lowest BCUT2D eigenvalue weighted by molar-refractivity contribution is -0.390. The monoisotopic (exact) mass is 305 g/mol. The van der Waals surface area contributed by atoms with E-state index in [1.54, 1.807) is 0 Å². The summed E-state index contributed by atoms with van der Waals surface area (Å²) in [6.07, 6.45) is 2.25. The molecule has 0 fully saturated rings. The number of nitrogens with two attached hydrogens (primary N) is 1. The number of nitrogens with one attached hydrogen (secondary N) is 1. The van der Waals surface area contributed by atoms with Gasteiger partial charge in [0, 0.05) is 6.42 Å². The third-order valence-electron chi connectivity index (χ3n) is 2.24. The van der Waals surface area contributed by atoms with E-state index in [4.69, 9.17) is 5.84 Å². The van der Waals surface area contributed by atoms with Gasteiger partial charge in [0.25, 0.3) is 0 Å². The Morgan fingerprint density at radius 3 is 2.94 bits per heavy atom. The van der Waals surface area contributed by atoms with Crippen LogP contribution in [0.15, 0.2) is 10.7 Å². The number of halogens is 1. The second-order valence-electron chi connectivity index (χ2n) is 3.49. The van der Waals surface area contributed by atoms with Crippen LogP contribution in [0.1, 0.15) is 25.8 Å². The van der Waals surface area contributed by atoms with Gasteiger partial charge in [-0.3, -0.25) is 10.2 Å². The summed E-state index contributed by atoms with van der Waals surface area (Å²) in [6, 6.07) is -0.127. The molecule has 17 heavy (non-hydrogen) atoms. The summed E-state index contributed by atoms with van der Waals surface area (Å²) in [7, 11) is 0. The number of nitro groups is 1. The second kappa shape index (κ2) is 5.73. The second-order valence-corrected chi connectivity index (χ2v) is 4.35. The first-order valence-corrected chi connectivity index (χ1v) is 5.63. The van der Waals surface area contributed by atoms with E-state index >= 15 is 0 Å². The van der Waals surface area contributed by atoms with Gasteiger partial charge in [-0.25, -0.2) is 5.84 Å². The minimum Gasteiger partial charge on any atom is -0.358 e. The Kier molecular flexibility index (Phi) is 4.58. The highest BCUT2D eigenvalue weighted by Crippen LogP contribution is 2.25. The molecule has 1 aromatic heterocycles. The number of aromatic nitrogens is 2. The molecule has 8 nitrogen and oxygen atoms in total. The molecule has 0 saturated heterocycles. The van der Waals surface area contributed by atoms with Crippen LogP contribution in [0.3, 0.4) is 0 Å². The van der Waals surface area contributed by atoms with Crippen molar-refractivity contribution in [2.24, 2.45) is 5.84 Å². The van der Waals surface area contributed by atoms with Crippen LogP contribution in [0.4, 0.5) is 5.82 Å². The number of carbonyl (C=O) groups is 1. The lowest BCUT2D eigenvalue weighted by atomic mass is 10.2. The van der Waals surface area contributed by atoms with E-state index in [-0.39, 0.29) is 24.2 Å². The summed E-state index contributed by atoms with van der Waals surface area (Å²) in [5, 5.41) is 14.4. The average Bonchev–Trinajstić information content (AvgIpc) is 2.67. The molecule has 0 bridgehead atoms. The van der Waals surface area contributed by atoms with Gasteiger partial charge in [0.1, 0.15) is 4.47 Å². The first-order chi connectivity index (χ1) is 7.95. The molecule has 0 aliphatic carbocycles. The summed E-state index contributed by atoms with van der Waals surface area (Å²) in [4.78, 5) is 21.0. The van der Waals surface area contributed by atoms with Crippen LogP contribution in [0.5, 0.6) is 0 Å². The number of carbonyl (C=O) groups excluding carboxylic acids is 1. The van der Waals surface area contributed by atoms with Gasteiger partial charge in [-0.05, 0) is 34.2 Å². The number of rotatable bonds is 5. The molecule has 0 saturated carbocycles. The fourth-order valence-electron chi connectivity index (χ4n) is 1.25. The zero-order valence-electron chi connectivity index (χ0n) is 9.09. The first kappa shape index (κ1) is 13.6. The van der Waals surface area contributed by atoms with Crippen LogP contribution in [-0.4, -0.2) is 20.6 Å². The highest BCUT2D eigenvalue weighted by atomic mass is 79.9. The van der Waals surface area contributed by atoms with E-state index in [1.165, 1.54) is 10.9 Å². The van der Waals surface area contributed by atoms with Crippen molar-refractivity contribution in [2.45, 2.75) is 25.8 Å². The Morgan fingerprint density at radius 2 is 2.47 bits per heavy atom. The standard InChI is InChI=1S/C8H12BrN5O3/c1-5(2-3-7(15)11-10)13-4-6(9)8(12-13)14(16)17/h4-5H,2-3,10H2,1H3,(H,11,15). The van der Waals surface area contributed by atoms with E-state index < -0.39 is 4.92 Å². The van der Waals surface area contributed by atoms with Crippen molar-refractivity contribution in [3.63, 3.8) is 0 Å². The number of nitrogens with zero attached hydrogens (tertiary/aromatic N) is 3. The Labute approximate surface area is 105 Å². The van der Waals surface area contributed by atoms with E-state index in [9.17, 15) is 14.9 Å². The predicted molar refractivity (Wildman–Crippen MR) is 62.9 cm³/mol. The Bertz CT molecular complexity index is 433. The van der Waals surface area contributed by atoms with Gasteiger partial charge in [0.15, 0.2) is 0 Å². The van der Waals surface area contributed by atoms with Gasteiger partial charge >= 0.3 is 5.82 Å². The van der Waals surface area contributed by atoms with Crippen molar-refractivity contribution < 1.29 is 9.72 Å². The number of hydrazine groups is 1. The van der Waals surface area contributed by atoms with Gasteiger partial charge in [-0.15, -0.1) is 0 Å². The summed E-state index contributed by atoms with van der Waals surface area (Å²) in [5.41, 5.74) is 2.02. The first-order valence-electron chi connectivity index (χ1n) is 4.84. The fourth-order valence-corrected chi connectivity index (χ4v) is 1.69. The fraction of sp³-hybridized carbons (Fsp3) is 0.500. The van der Waals surface area contributed by atoms with Gasteiger partial charge in [0.2, 0.25) is 5.91 Å². The summed E-state index contributed by atoms with van der Waals surface area (Å²) >= 11 is 3.06. The van der Waals surface area contributed by atoms with E-state index in [1.807, 2.05) is 12.3 Å². The predicted octanol–water partition coefficient (Wildman–Crippen LogP) is 0.885. The molecule has 9 heteroatoms. The Hall–Kier alpha value is -1.48. The van der Waals surface area contributed by atoms with Gasteiger partial charge < -0.3 is 10.1 Å². The summed E-state index contributed by atoms with van der Waals surface area (Å²) < 4.78 is 1.77. The lowest BCUT2D eigenvalue weighted by Gasteiger charge is -2.07. The molecule has 1 rings (SSSR count). The molecule has 1 amide bonds. The lowest BCUT2D eigenvalue weighted by Crippen LogP contribution is -2.30. The van der Waals surface area contributed by atoms with E-state index in [2.05, 4.69) is 21.0 Å². The largest absolute Gasteiger partial charge is 0.404 e. The zero-order valence-corrected chi connectivity index (χ0v) is 10.7. The van der Waals surface area contributed by atoms with E-state index in [0.29, 0.717) is 10.9 Å². The highest BCUT2D eigenvalue weighted by molar-refractivity contribution is 9.10. The van der Waals surface area contributed by atoms with Crippen molar-refractivity contribution in [2.75, 3.05) is 0 Å². The smallest absolute Gasteiger partial charge is 0.358 e. The Morgan fingerprint density at radius 1 is 1.82 bits per heavy atom. The van der Waals surface area contributed by atoms with Crippen LogP contribution in [0.25, 0.3) is 0 Å². The molecule has 94 valence electrons. The van der Waals surface area contributed by atoms with Crippen molar-refractivity contribution >= 4 is 27.7 Å². The van der Waals surface area contributed by atoms with Crippen molar-refractivity contribution in [3.05, 3.63) is 20.8 Å². The molecule has 1 atom stereocenters. The van der Waals surface area contributed by atoms with Crippen LogP contribution in [0.2, 0.25) is 0 Å². The molecule has 1 heterocycles. The molecular formula is C8H12BrN5O3. The van der Waals surface area contributed by atoms with Crippen LogP contribution in [-0.2, 0) is 4.79 Å². The maximum atomic E-state index is 10.9. The molecule has 0 aliphatic heterocycles. The van der Waals surface area contributed by atoms with Crippen molar-refractivity contribution in [3.8, 4) is 0 Å². The maximum absolute atomic E-state index is 10.9. The quantitative estimate of drug-likeness (QED) is 0.362. The number of hydrogen-bond donors (Lipinski definition) is 2. The third-order valence-corrected chi connectivity index (χ3v) is 2.80. The normalized spacial score (nSPS) is 12.2. The van der Waals surface area contributed by atoms with Gasteiger partial charge in [0.05, 0.1) is 17.3 Å².